The minimum Gasteiger partial charge on any atom is -0.377 e. The van der Waals surface area contributed by atoms with E-state index in [2.05, 4.69) is 10.2 Å². The molecular formula is C16H30N2O. The van der Waals surface area contributed by atoms with E-state index in [1.54, 1.807) is 0 Å². The Morgan fingerprint density at radius 3 is 2.37 bits per heavy atom. The molecule has 3 fully saturated rings. The van der Waals surface area contributed by atoms with E-state index < -0.39 is 0 Å². The lowest BCUT2D eigenvalue weighted by Crippen LogP contribution is -2.41. The molecule has 0 aromatic rings. The van der Waals surface area contributed by atoms with Gasteiger partial charge in [0, 0.05) is 6.54 Å². The lowest BCUT2D eigenvalue weighted by Gasteiger charge is -2.39. The molecule has 0 atom stereocenters. The average Bonchev–Trinajstić information content (AvgIpc) is 2.91. The molecule has 0 radical (unpaired) electrons. The fourth-order valence-corrected chi connectivity index (χ4v) is 4.19. The summed E-state index contributed by atoms with van der Waals surface area (Å²) >= 11 is 0. The standard InChI is InChI=1S/C16H30N2O/c1-2-6-16(5-1)7-11-18(12-8-16)13-14-19-15-3-9-17-10-4-15/h15,17H,1-14H2. The topological polar surface area (TPSA) is 24.5 Å². The summed E-state index contributed by atoms with van der Waals surface area (Å²) in [5, 5.41) is 3.39. The van der Waals surface area contributed by atoms with Crippen molar-refractivity contribution in [3.8, 4) is 0 Å². The lowest BCUT2D eigenvalue weighted by molar-refractivity contribution is 0.00958. The van der Waals surface area contributed by atoms with Crippen molar-refractivity contribution in [2.24, 2.45) is 5.41 Å². The Balaban J connectivity index is 1.31. The molecular weight excluding hydrogens is 236 g/mol. The highest BCUT2D eigenvalue weighted by Crippen LogP contribution is 2.45. The van der Waals surface area contributed by atoms with E-state index in [-0.39, 0.29) is 0 Å². The number of ether oxygens (including phenoxy) is 1. The molecule has 3 nitrogen and oxygen atoms in total. The largest absolute Gasteiger partial charge is 0.377 e. The van der Waals surface area contributed by atoms with Crippen LogP contribution in [0, 0.1) is 5.41 Å². The molecule has 1 N–H and O–H groups in total. The third-order valence-electron chi connectivity index (χ3n) is 5.63. The van der Waals surface area contributed by atoms with Gasteiger partial charge in [0.1, 0.15) is 0 Å². The zero-order chi connectivity index (χ0) is 13.0. The van der Waals surface area contributed by atoms with E-state index in [0.29, 0.717) is 6.10 Å². The second kappa shape index (κ2) is 6.55. The number of piperidine rings is 2. The first kappa shape index (κ1) is 13.8. The van der Waals surface area contributed by atoms with Gasteiger partial charge in [-0.25, -0.2) is 0 Å². The number of nitrogens with one attached hydrogen (secondary N) is 1. The molecule has 0 aromatic heterocycles. The van der Waals surface area contributed by atoms with E-state index in [9.17, 15) is 0 Å². The number of rotatable bonds is 4. The van der Waals surface area contributed by atoms with Gasteiger partial charge in [0.05, 0.1) is 12.7 Å². The third kappa shape index (κ3) is 3.71. The highest BCUT2D eigenvalue weighted by molar-refractivity contribution is 4.89. The number of likely N-dealkylation sites (tertiary alicyclic amines) is 1. The van der Waals surface area contributed by atoms with Crippen molar-refractivity contribution in [3.05, 3.63) is 0 Å². The lowest BCUT2D eigenvalue weighted by atomic mass is 9.77. The van der Waals surface area contributed by atoms with Crippen molar-refractivity contribution in [3.63, 3.8) is 0 Å². The molecule has 110 valence electrons. The Labute approximate surface area is 118 Å². The predicted molar refractivity (Wildman–Crippen MR) is 78.4 cm³/mol. The highest BCUT2D eigenvalue weighted by Gasteiger charge is 2.36. The summed E-state index contributed by atoms with van der Waals surface area (Å²) < 4.78 is 6.02. The van der Waals surface area contributed by atoms with Crippen LogP contribution >= 0.6 is 0 Å². The van der Waals surface area contributed by atoms with Crippen molar-refractivity contribution in [2.45, 2.75) is 57.5 Å². The summed E-state index contributed by atoms with van der Waals surface area (Å²) in [6.45, 7) is 7.00. The maximum atomic E-state index is 6.02. The van der Waals surface area contributed by atoms with Crippen molar-refractivity contribution in [2.75, 3.05) is 39.3 Å². The molecule has 1 saturated carbocycles. The SMILES string of the molecule is C1CCC2(C1)CCN(CCOC1CCNCC1)CC2. The Kier molecular flexibility index (Phi) is 4.78. The first-order chi connectivity index (χ1) is 9.36. The van der Waals surface area contributed by atoms with Gasteiger partial charge in [-0.3, -0.25) is 0 Å². The van der Waals surface area contributed by atoms with E-state index in [1.165, 1.54) is 64.5 Å². The Morgan fingerprint density at radius 1 is 1.00 bits per heavy atom. The molecule has 0 unspecified atom stereocenters. The third-order valence-corrected chi connectivity index (χ3v) is 5.63. The van der Waals surface area contributed by atoms with Gasteiger partial charge in [-0.05, 0) is 70.1 Å². The summed E-state index contributed by atoms with van der Waals surface area (Å²) in [5.74, 6) is 0. The number of nitrogens with zero attached hydrogens (tertiary/aromatic N) is 1. The highest BCUT2D eigenvalue weighted by atomic mass is 16.5. The van der Waals surface area contributed by atoms with Crippen LogP contribution in [0.5, 0.6) is 0 Å². The van der Waals surface area contributed by atoms with Crippen LogP contribution in [0.1, 0.15) is 51.4 Å². The maximum absolute atomic E-state index is 6.02. The van der Waals surface area contributed by atoms with E-state index in [4.69, 9.17) is 4.74 Å². The van der Waals surface area contributed by atoms with Crippen LogP contribution < -0.4 is 5.32 Å². The minimum atomic E-state index is 0.521. The van der Waals surface area contributed by atoms with Gasteiger partial charge in [-0.1, -0.05) is 12.8 Å². The van der Waals surface area contributed by atoms with Crippen LogP contribution in [0.3, 0.4) is 0 Å². The zero-order valence-corrected chi connectivity index (χ0v) is 12.3. The quantitative estimate of drug-likeness (QED) is 0.846. The molecule has 1 aliphatic carbocycles. The van der Waals surface area contributed by atoms with Gasteiger partial charge < -0.3 is 15.0 Å². The monoisotopic (exact) mass is 266 g/mol. The number of hydrogen-bond donors (Lipinski definition) is 1. The Bertz CT molecular complexity index is 260. The fourth-order valence-electron chi connectivity index (χ4n) is 4.19. The maximum Gasteiger partial charge on any atom is 0.0600 e. The summed E-state index contributed by atoms with van der Waals surface area (Å²) in [6.07, 6.45) is 11.8. The van der Waals surface area contributed by atoms with Gasteiger partial charge >= 0.3 is 0 Å². The summed E-state index contributed by atoms with van der Waals surface area (Å²) in [7, 11) is 0. The molecule has 0 amide bonds. The van der Waals surface area contributed by atoms with Crippen LogP contribution in [0.2, 0.25) is 0 Å². The second-order valence-corrected chi connectivity index (χ2v) is 6.87. The molecule has 1 spiro atoms. The van der Waals surface area contributed by atoms with Gasteiger partial charge in [-0.15, -0.1) is 0 Å². The number of hydrogen-bond acceptors (Lipinski definition) is 3. The fraction of sp³-hybridized carbons (Fsp3) is 1.00. The van der Waals surface area contributed by atoms with Crippen LogP contribution in [-0.2, 0) is 4.74 Å². The van der Waals surface area contributed by atoms with Gasteiger partial charge in [0.2, 0.25) is 0 Å². The smallest absolute Gasteiger partial charge is 0.0600 e. The van der Waals surface area contributed by atoms with Crippen molar-refractivity contribution < 1.29 is 4.74 Å². The average molecular weight is 266 g/mol. The first-order valence-electron chi connectivity index (χ1n) is 8.41. The molecule has 0 bridgehead atoms. The van der Waals surface area contributed by atoms with E-state index in [0.717, 1.165) is 31.7 Å². The summed E-state index contributed by atoms with van der Waals surface area (Å²) in [4.78, 5) is 2.63. The van der Waals surface area contributed by atoms with Crippen molar-refractivity contribution in [1.82, 2.24) is 10.2 Å². The van der Waals surface area contributed by atoms with Gasteiger partial charge in [-0.2, -0.15) is 0 Å². The van der Waals surface area contributed by atoms with Crippen molar-refractivity contribution >= 4 is 0 Å². The molecule has 2 saturated heterocycles. The Morgan fingerprint density at radius 2 is 1.68 bits per heavy atom. The normalized spacial score (nSPS) is 29.1. The molecule has 2 aliphatic heterocycles. The summed E-state index contributed by atoms with van der Waals surface area (Å²) in [6, 6.07) is 0. The molecule has 3 aliphatic rings. The molecule has 0 aromatic carbocycles. The van der Waals surface area contributed by atoms with Crippen LogP contribution in [0.4, 0.5) is 0 Å². The molecule has 3 rings (SSSR count). The molecule has 2 heterocycles. The van der Waals surface area contributed by atoms with Crippen LogP contribution in [-0.4, -0.2) is 50.3 Å². The predicted octanol–water partition coefficient (Wildman–Crippen LogP) is 2.41. The zero-order valence-electron chi connectivity index (χ0n) is 12.3. The second-order valence-electron chi connectivity index (χ2n) is 6.87. The van der Waals surface area contributed by atoms with Crippen molar-refractivity contribution in [1.29, 1.82) is 0 Å². The minimum absolute atomic E-state index is 0.521. The molecule has 3 heteroatoms. The van der Waals surface area contributed by atoms with Crippen LogP contribution in [0.15, 0.2) is 0 Å². The molecule has 19 heavy (non-hydrogen) atoms. The van der Waals surface area contributed by atoms with Crippen LogP contribution in [0.25, 0.3) is 0 Å². The van der Waals surface area contributed by atoms with E-state index >= 15 is 0 Å². The van der Waals surface area contributed by atoms with Gasteiger partial charge in [0.25, 0.3) is 0 Å². The van der Waals surface area contributed by atoms with Gasteiger partial charge in [0.15, 0.2) is 0 Å². The summed E-state index contributed by atoms with van der Waals surface area (Å²) in [5.41, 5.74) is 0.756. The Hall–Kier alpha value is -0.120. The van der Waals surface area contributed by atoms with E-state index in [1.807, 2.05) is 0 Å². The first-order valence-corrected chi connectivity index (χ1v) is 8.41.